The minimum atomic E-state index is 0.0251. The molecule has 1 N–H and O–H groups in total. The lowest BCUT2D eigenvalue weighted by Gasteiger charge is -2.33. The minimum absolute atomic E-state index is 0.0251. The number of halogens is 1. The van der Waals surface area contributed by atoms with Gasteiger partial charge < -0.3 is 10.2 Å². The van der Waals surface area contributed by atoms with Crippen molar-refractivity contribution in [3.63, 3.8) is 0 Å². The number of nitrogens with zero attached hydrogens (tertiary/aromatic N) is 1. The number of likely N-dealkylation sites (tertiary alicyclic amines) is 1. The monoisotopic (exact) mass is 328 g/mol. The zero-order chi connectivity index (χ0) is 15.8. The van der Waals surface area contributed by atoms with Gasteiger partial charge in [-0.3, -0.25) is 9.59 Å². The van der Waals surface area contributed by atoms with Crippen LogP contribution in [0.25, 0.3) is 0 Å². The smallest absolute Gasteiger partial charge is 0.222 e. The highest BCUT2D eigenvalue weighted by molar-refractivity contribution is 6.18. The van der Waals surface area contributed by atoms with E-state index in [4.69, 9.17) is 11.6 Å². The lowest BCUT2D eigenvalue weighted by atomic mass is 9.86. The molecule has 2 fully saturated rings. The molecule has 0 radical (unpaired) electrons. The molecule has 5 heteroatoms. The second-order valence-electron chi connectivity index (χ2n) is 6.70. The molecular formula is C17H29ClN2O2. The molecule has 126 valence electrons. The molecule has 1 aliphatic carbocycles. The second kappa shape index (κ2) is 9.39. The Morgan fingerprint density at radius 1 is 1.00 bits per heavy atom. The maximum atomic E-state index is 12.3. The van der Waals surface area contributed by atoms with E-state index in [2.05, 4.69) is 5.32 Å². The van der Waals surface area contributed by atoms with E-state index in [1.807, 2.05) is 4.90 Å². The third kappa shape index (κ3) is 5.79. The Morgan fingerprint density at radius 3 is 2.32 bits per heavy atom. The minimum Gasteiger partial charge on any atom is -0.353 e. The Balaban J connectivity index is 1.63. The molecule has 22 heavy (non-hydrogen) atoms. The van der Waals surface area contributed by atoms with E-state index in [-0.39, 0.29) is 11.9 Å². The summed E-state index contributed by atoms with van der Waals surface area (Å²) in [4.78, 5) is 25.8. The average Bonchev–Trinajstić information content (AvgIpc) is 2.54. The molecule has 0 bridgehead atoms. The van der Waals surface area contributed by atoms with E-state index in [9.17, 15) is 9.59 Å². The summed E-state index contributed by atoms with van der Waals surface area (Å²) in [6, 6.07) is 0.207. The molecule has 0 aromatic rings. The van der Waals surface area contributed by atoms with Gasteiger partial charge >= 0.3 is 0 Å². The lowest BCUT2D eigenvalue weighted by molar-refractivity contribution is -0.132. The van der Waals surface area contributed by atoms with Crippen molar-refractivity contribution in [3.05, 3.63) is 0 Å². The summed E-state index contributed by atoms with van der Waals surface area (Å²) < 4.78 is 0. The van der Waals surface area contributed by atoms with Crippen molar-refractivity contribution in [3.8, 4) is 0 Å². The number of hydrogen-bond acceptors (Lipinski definition) is 2. The average molecular weight is 329 g/mol. The van der Waals surface area contributed by atoms with Crippen LogP contribution in [0.1, 0.15) is 64.2 Å². The van der Waals surface area contributed by atoms with Crippen LogP contribution in [-0.4, -0.2) is 41.7 Å². The number of carbonyl (C=O) groups is 2. The Morgan fingerprint density at radius 2 is 1.68 bits per heavy atom. The maximum absolute atomic E-state index is 12.3. The molecule has 0 spiro atoms. The highest BCUT2D eigenvalue weighted by Crippen LogP contribution is 2.27. The van der Waals surface area contributed by atoms with E-state index in [1.165, 1.54) is 32.1 Å². The molecule has 1 saturated carbocycles. The summed E-state index contributed by atoms with van der Waals surface area (Å²) in [5.41, 5.74) is 0. The molecular weight excluding hydrogens is 300 g/mol. The first-order valence-corrected chi connectivity index (χ1v) is 9.35. The van der Waals surface area contributed by atoms with Crippen LogP contribution in [0.2, 0.25) is 0 Å². The first-order chi connectivity index (χ1) is 10.7. The van der Waals surface area contributed by atoms with E-state index in [0.29, 0.717) is 24.6 Å². The van der Waals surface area contributed by atoms with E-state index in [0.717, 1.165) is 38.3 Å². The summed E-state index contributed by atoms with van der Waals surface area (Å²) in [6.45, 7) is 1.55. The molecule has 1 aliphatic heterocycles. The summed E-state index contributed by atoms with van der Waals surface area (Å²) in [5, 5.41) is 3.00. The molecule has 0 aromatic carbocycles. The van der Waals surface area contributed by atoms with Gasteiger partial charge in [-0.05, 0) is 25.2 Å². The zero-order valence-corrected chi connectivity index (χ0v) is 14.2. The molecule has 1 heterocycles. The summed E-state index contributed by atoms with van der Waals surface area (Å²) in [5.74, 6) is 1.46. The Hall–Kier alpha value is -0.770. The molecule has 2 aliphatic rings. The quantitative estimate of drug-likeness (QED) is 0.762. The number of amides is 2. The van der Waals surface area contributed by atoms with Gasteiger partial charge in [-0.25, -0.2) is 0 Å². The number of alkyl halides is 1. The first kappa shape index (κ1) is 17.6. The summed E-state index contributed by atoms with van der Waals surface area (Å²) >= 11 is 5.56. The van der Waals surface area contributed by atoms with Gasteiger partial charge in [0.1, 0.15) is 0 Å². The third-order valence-electron chi connectivity index (χ3n) is 5.03. The van der Waals surface area contributed by atoms with Crippen molar-refractivity contribution < 1.29 is 9.59 Å². The van der Waals surface area contributed by atoms with Crippen molar-refractivity contribution in [2.45, 2.75) is 70.3 Å². The Labute approximate surface area is 139 Å². The molecule has 2 amide bonds. The fourth-order valence-corrected chi connectivity index (χ4v) is 3.79. The Kier molecular flexibility index (Phi) is 7.50. The topological polar surface area (TPSA) is 49.4 Å². The van der Waals surface area contributed by atoms with Crippen molar-refractivity contribution >= 4 is 23.4 Å². The SMILES string of the molecule is O=C(CCCl)NC1CCN(C(=O)CCC2CCCCC2)CC1. The predicted octanol–water partition coefficient (Wildman–Crippen LogP) is 3.08. The van der Waals surface area contributed by atoms with Crippen LogP contribution in [-0.2, 0) is 9.59 Å². The van der Waals surface area contributed by atoms with Gasteiger partial charge in [0.2, 0.25) is 11.8 Å². The predicted molar refractivity (Wildman–Crippen MR) is 88.9 cm³/mol. The zero-order valence-electron chi connectivity index (χ0n) is 13.5. The number of rotatable bonds is 6. The number of hydrogen-bond donors (Lipinski definition) is 1. The van der Waals surface area contributed by atoms with Crippen molar-refractivity contribution in [2.75, 3.05) is 19.0 Å². The normalized spacial score (nSPS) is 20.9. The van der Waals surface area contributed by atoms with E-state index in [1.54, 1.807) is 0 Å². The fourth-order valence-electron chi connectivity index (χ4n) is 3.62. The molecule has 0 aromatic heterocycles. The van der Waals surface area contributed by atoms with Gasteiger partial charge in [-0.2, -0.15) is 0 Å². The highest BCUT2D eigenvalue weighted by Gasteiger charge is 2.24. The van der Waals surface area contributed by atoms with E-state index >= 15 is 0 Å². The summed E-state index contributed by atoms with van der Waals surface area (Å²) in [6.07, 6.45) is 10.5. The van der Waals surface area contributed by atoms with Crippen LogP contribution in [0, 0.1) is 5.92 Å². The van der Waals surface area contributed by atoms with Crippen molar-refractivity contribution in [1.82, 2.24) is 10.2 Å². The van der Waals surface area contributed by atoms with Gasteiger partial charge in [-0.15, -0.1) is 11.6 Å². The standard InChI is InChI=1S/C17H29ClN2O2/c18-11-8-16(21)19-15-9-12-20(13-10-15)17(22)7-6-14-4-2-1-3-5-14/h14-15H,1-13H2,(H,19,21). The number of nitrogens with one attached hydrogen (secondary N) is 1. The molecule has 0 atom stereocenters. The van der Waals surface area contributed by atoms with Gasteiger partial charge in [-0.1, -0.05) is 32.1 Å². The largest absolute Gasteiger partial charge is 0.353 e. The highest BCUT2D eigenvalue weighted by atomic mass is 35.5. The van der Waals surface area contributed by atoms with Crippen LogP contribution in [0.15, 0.2) is 0 Å². The first-order valence-electron chi connectivity index (χ1n) is 8.82. The van der Waals surface area contributed by atoms with Crippen molar-refractivity contribution in [1.29, 1.82) is 0 Å². The van der Waals surface area contributed by atoms with Crippen molar-refractivity contribution in [2.24, 2.45) is 5.92 Å². The lowest BCUT2D eigenvalue weighted by Crippen LogP contribution is -2.46. The third-order valence-corrected chi connectivity index (χ3v) is 5.21. The molecule has 4 nitrogen and oxygen atoms in total. The molecule has 2 rings (SSSR count). The van der Waals surface area contributed by atoms with Gasteiger partial charge in [0.25, 0.3) is 0 Å². The van der Waals surface area contributed by atoms with Gasteiger partial charge in [0.15, 0.2) is 0 Å². The fraction of sp³-hybridized carbons (Fsp3) is 0.882. The van der Waals surface area contributed by atoms with Gasteiger partial charge in [0.05, 0.1) is 0 Å². The van der Waals surface area contributed by atoms with E-state index < -0.39 is 0 Å². The molecule has 1 saturated heterocycles. The van der Waals surface area contributed by atoms with Crippen LogP contribution in [0.5, 0.6) is 0 Å². The van der Waals surface area contributed by atoms with Crippen LogP contribution >= 0.6 is 11.6 Å². The number of piperidine rings is 1. The maximum Gasteiger partial charge on any atom is 0.222 e. The van der Waals surface area contributed by atoms with Crippen LogP contribution in [0.4, 0.5) is 0 Å². The Bertz CT molecular complexity index is 362. The second-order valence-corrected chi connectivity index (χ2v) is 7.08. The van der Waals surface area contributed by atoms with Crippen LogP contribution < -0.4 is 5.32 Å². The van der Waals surface area contributed by atoms with Gasteiger partial charge in [0, 0.05) is 37.9 Å². The number of carbonyl (C=O) groups excluding carboxylic acids is 2. The summed E-state index contributed by atoms with van der Waals surface area (Å²) in [7, 11) is 0. The molecule has 0 unspecified atom stereocenters. The van der Waals surface area contributed by atoms with Crippen LogP contribution in [0.3, 0.4) is 0 Å².